The number of ether oxygens (including phenoxy) is 1. The Hall–Kier alpha value is -3.45. The fourth-order valence-corrected chi connectivity index (χ4v) is 4.67. The Labute approximate surface area is 189 Å². The zero-order valence-corrected chi connectivity index (χ0v) is 18.3. The van der Waals surface area contributed by atoms with E-state index in [-0.39, 0.29) is 29.4 Å². The molecule has 2 aliphatic rings. The molecule has 2 aromatic rings. The molecule has 7 nitrogen and oxygen atoms in total. The molecular formula is C24H21ClN2O5. The van der Waals surface area contributed by atoms with Crippen LogP contribution >= 0.6 is 11.6 Å². The van der Waals surface area contributed by atoms with E-state index in [1.807, 2.05) is 12.1 Å². The van der Waals surface area contributed by atoms with Crippen molar-refractivity contribution < 1.29 is 19.2 Å². The Morgan fingerprint density at radius 3 is 2.53 bits per heavy atom. The summed E-state index contributed by atoms with van der Waals surface area (Å²) in [6.45, 7) is 1.75. The summed E-state index contributed by atoms with van der Waals surface area (Å²) < 4.78 is 4.99. The standard InChI is InChI=1S/C24H21ClN2O5/c1-13-21(24(29)32-2)22(15-4-3-5-18(10-15)27(30)31)23-19(26-13)11-16(12-20(23)28)14-6-8-17(25)9-7-14/h3-10,16,22,26H,11-12H2,1-2H3/t16-,22+/m0/s1. The zero-order chi connectivity index (χ0) is 23.0. The number of non-ortho nitro benzene ring substituents is 1. The number of nitro groups is 1. The summed E-state index contributed by atoms with van der Waals surface area (Å²) in [4.78, 5) is 36.9. The fourth-order valence-electron chi connectivity index (χ4n) is 4.54. The van der Waals surface area contributed by atoms with Gasteiger partial charge in [-0.25, -0.2) is 4.79 Å². The van der Waals surface area contributed by atoms with Crippen molar-refractivity contribution in [2.45, 2.75) is 31.6 Å². The number of hydrogen-bond acceptors (Lipinski definition) is 6. The maximum absolute atomic E-state index is 13.4. The van der Waals surface area contributed by atoms with Crippen molar-refractivity contribution in [3.63, 3.8) is 0 Å². The van der Waals surface area contributed by atoms with E-state index in [4.69, 9.17) is 16.3 Å². The SMILES string of the molecule is COC(=O)C1=C(C)NC2=C(C(=O)C[C@@H](c3ccc(Cl)cc3)C2)[C@@H]1c1cccc([N+](=O)[O-])c1. The van der Waals surface area contributed by atoms with Crippen molar-refractivity contribution in [1.82, 2.24) is 5.32 Å². The molecule has 0 spiro atoms. The lowest BCUT2D eigenvalue weighted by molar-refractivity contribution is -0.384. The summed E-state index contributed by atoms with van der Waals surface area (Å²) in [5, 5.41) is 15.2. The van der Waals surface area contributed by atoms with Gasteiger partial charge in [0.2, 0.25) is 0 Å². The van der Waals surface area contributed by atoms with Gasteiger partial charge in [0.15, 0.2) is 5.78 Å². The van der Waals surface area contributed by atoms with Crippen LogP contribution in [-0.4, -0.2) is 23.8 Å². The summed E-state index contributed by atoms with van der Waals surface area (Å²) in [7, 11) is 1.27. The van der Waals surface area contributed by atoms with E-state index < -0.39 is 16.8 Å². The molecule has 2 aromatic carbocycles. The van der Waals surface area contributed by atoms with Crippen LogP contribution in [0.3, 0.4) is 0 Å². The number of ketones is 1. The summed E-state index contributed by atoms with van der Waals surface area (Å²) in [6.07, 6.45) is 0.834. The lowest BCUT2D eigenvalue weighted by Gasteiger charge is -2.36. The number of nitro benzene ring substituents is 1. The van der Waals surface area contributed by atoms with E-state index >= 15 is 0 Å². The highest BCUT2D eigenvalue weighted by Crippen LogP contribution is 2.46. The Bertz CT molecular complexity index is 1180. The summed E-state index contributed by atoms with van der Waals surface area (Å²) in [5.74, 6) is -1.46. The first-order valence-corrected chi connectivity index (χ1v) is 10.5. The Balaban J connectivity index is 1.82. The number of dihydropyridines is 1. The number of rotatable bonds is 4. The van der Waals surface area contributed by atoms with Crippen molar-refractivity contribution in [1.29, 1.82) is 0 Å². The molecule has 1 N–H and O–H groups in total. The molecule has 0 bridgehead atoms. The second kappa shape index (κ2) is 8.59. The van der Waals surface area contributed by atoms with Crippen LogP contribution in [0.4, 0.5) is 5.69 Å². The number of halogens is 1. The highest BCUT2D eigenvalue weighted by Gasteiger charge is 2.41. The van der Waals surface area contributed by atoms with Gasteiger partial charge in [-0.2, -0.15) is 0 Å². The normalized spacial score (nSPS) is 20.5. The molecule has 0 saturated heterocycles. The fraction of sp³-hybridized carbons (Fsp3) is 0.250. The van der Waals surface area contributed by atoms with Gasteiger partial charge in [0.1, 0.15) is 0 Å². The van der Waals surface area contributed by atoms with Gasteiger partial charge >= 0.3 is 5.97 Å². The number of carbonyl (C=O) groups excluding carboxylic acids is 2. The molecule has 8 heteroatoms. The zero-order valence-electron chi connectivity index (χ0n) is 17.6. The number of Topliss-reactive ketones (excluding diaryl/α,β-unsaturated/α-hetero) is 1. The predicted octanol–water partition coefficient (Wildman–Crippen LogP) is 4.78. The smallest absolute Gasteiger partial charge is 0.336 e. The quantitative estimate of drug-likeness (QED) is 0.407. The van der Waals surface area contributed by atoms with Gasteiger partial charge in [-0.1, -0.05) is 35.9 Å². The third-order valence-electron chi connectivity index (χ3n) is 5.99. The van der Waals surface area contributed by atoms with Crippen molar-refractivity contribution in [3.8, 4) is 0 Å². The molecule has 0 amide bonds. The number of nitrogens with one attached hydrogen (secondary N) is 1. The number of carbonyl (C=O) groups is 2. The minimum absolute atomic E-state index is 0.0377. The predicted molar refractivity (Wildman–Crippen MR) is 119 cm³/mol. The molecule has 32 heavy (non-hydrogen) atoms. The molecule has 2 atom stereocenters. The average molecular weight is 453 g/mol. The number of allylic oxidation sites excluding steroid dienone is 3. The Morgan fingerprint density at radius 2 is 1.88 bits per heavy atom. The van der Waals surface area contributed by atoms with E-state index in [2.05, 4.69) is 5.32 Å². The van der Waals surface area contributed by atoms with Crippen molar-refractivity contribution >= 4 is 29.0 Å². The lowest BCUT2D eigenvalue weighted by Crippen LogP contribution is -2.36. The third kappa shape index (κ3) is 3.91. The van der Waals surface area contributed by atoms with E-state index in [0.29, 0.717) is 28.3 Å². The first-order valence-electron chi connectivity index (χ1n) is 10.1. The molecule has 0 aromatic heterocycles. The van der Waals surface area contributed by atoms with Gasteiger partial charge < -0.3 is 10.1 Å². The minimum Gasteiger partial charge on any atom is -0.466 e. The molecule has 0 radical (unpaired) electrons. The first-order chi connectivity index (χ1) is 15.3. The molecule has 1 heterocycles. The number of esters is 1. The van der Waals surface area contributed by atoms with Crippen LogP contribution in [0.1, 0.15) is 42.7 Å². The van der Waals surface area contributed by atoms with E-state index in [9.17, 15) is 19.7 Å². The summed E-state index contributed by atoms with van der Waals surface area (Å²) in [6, 6.07) is 13.5. The second-order valence-electron chi connectivity index (χ2n) is 7.91. The maximum Gasteiger partial charge on any atom is 0.336 e. The topological polar surface area (TPSA) is 98.5 Å². The lowest BCUT2D eigenvalue weighted by atomic mass is 9.71. The minimum atomic E-state index is -0.739. The van der Waals surface area contributed by atoms with Gasteiger partial charge in [0, 0.05) is 46.5 Å². The van der Waals surface area contributed by atoms with Crippen LogP contribution in [-0.2, 0) is 14.3 Å². The van der Waals surface area contributed by atoms with E-state index in [0.717, 1.165) is 11.3 Å². The summed E-state index contributed by atoms with van der Waals surface area (Å²) >= 11 is 6.00. The molecule has 1 aliphatic heterocycles. The Kier molecular flexibility index (Phi) is 5.84. The van der Waals surface area contributed by atoms with Gasteiger partial charge in [-0.15, -0.1) is 0 Å². The van der Waals surface area contributed by atoms with E-state index in [1.165, 1.54) is 19.2 Å². The number of methoxy groups -OCH3 is 1. The van der Waals surface area contributed by atoms with Crippen molar-refractivity contribution in [2.24, 2.45) is 0 Å². The van der Waals surface area contributed by atoms with Crippen LogP contribution in [0.2, 0.25) is 5.02 Å². The molecular weight excluding hydrogens is 432 g/mol. The van der Waals surface area contributed by atoms with Crippen molar-refractivity contribution in [3.05, 3.63) is 97.3 Å². The van der Waals surface area contributed by atoms with E-state index in [1.54, 1.807) is 31.2 Å². The summed E-state index contributed by atoms with van der Waals surface area (Å²) in [5.41, 5.74) is 3.44. The highest BCUT2D eigenvalue weighted by molar-refractivity contribution is 6.30. The van der Waals surface area contributed by atoms with Gasteiger partial charge in [-0.3, -0.25) is 14.9 Å². The largest absolute Gasteiger partial charge is 0.466 e. The number of benzene rings is 2. The van der Waals surface area contributed by atoms with Gasteiger partial charge in [-0.05, 0) is 42.5 Å². The number of hydrogen-bond donors (Lipinski definition) is 1. The molecule has 0 fully saturated rings. The monoisotopic (exact) mass is 452 g/mol. The number of nitrogens with zero attached hydrogens (tertiary/aromatic N) is 1. The van der Waals surface area contributed by atoms with Crippen LogP contribution in [0.15, 0.2) is 71.1 Å². The average Bonchev–Trinajstić information content (AvgIpc) is 2.78. The van der Waals surface area contributed by atoms with Gasteiger partial charge in [0.05, 0.1) is 17.6 Å². The molecule has 0 saturated carbocycles. The van der Waals surface area contributed by atoms with Crippen LogP contribution < -0.4 is 5.32 Å². The van der Waals surface area contributed by atoms with Crippen molar-refractivity contribution in [2.75, 3.05) is 7.11 Å². The maximum atomic E-state index is 13.4. The molecule has 0 unspecified atom stereocenters. The van der Waals surface area contributed by atoms with Crippen LogP contribution in [0.5, 0.6) is 0 Å². The Morgan fingerprint density at radius 1 is 1.16 bits per heavy atom. The molecule has 164 valence electrons. The molecule has 1 aliphatic carbocycles. The van der Waals surface area contributed by atoms with Crippen LogP contribution in [0, 0.1) is 10.1 Å². The van der Waals surface area contributed by atoms with Crippen LogP contribution in [0.25, 0.3) is 0 Å². The molecule has 4 rings (SSSR count). The second-order valence-corrected chi connectivity index (χ2v) is 8.35. The van der Waals surface area contributed by atoms with Gasteiger partial charge in [0.25, 0.3) is 5.69 Å². The highest BCUT2D eigenvalue weighted by atomic mass is 35.5. The first kappa shape index (κ1) is 21.8. The third-order valence-corrected chi connectivity index (χ3v) is 6.24.